The van der Waals surface area contributed by atoms with Crippen molar-refractivity contribution in [2.75, 3.05) is 33.8 Å². The molecule has 0 rings (SSSR count). The second kappa shape index (κ2) is 24.2. The monoisotopic (exact) mass is 568 g/mol. The zero-order chi connectivity index (χ0) is 15.6. The van der Waals surface area contributed by atoms with Crippen molar-refractivity contribution in [1.82, 2.24) is 0 Å². The third kappa shape index (κ3) is 22.0. The van der Waals surface area contributed by atoms with Crippen LogP contribution in [-0.2, 0) is 9.47 Å². The maximum atomic E-state index is 5.54. The lowest BCUT2D eigenvalue weighted by atomic mass is 10.2. The largest absolute Gasteiger partial charge is 0.378 e. The van der Waals surface area contributed by atoms with Gasteiger partial charge < -0.3 is 9.47 Å². The summed E-state index contributed by atoms with van der Waals surface area (Å²) < 4.78 is 13.3. The van der Waals surface area contributed by atoms with E-state index in [1.54, 1.807) is 0 Å². The number of alkyl halides is 4. The van der Waals surface area contributed by atoms with E-state index in [1.165, 1.54) is 21.7 Å². The van der Waals surface area contributed by atoms with Gasteiger partial charge in [0, 0.05) is 33.8 Å². The fraction of sp³-hybridized carbons (Fsp3) is 1.00. The molecule has 6 heteroatoms. The van der Waals surface area contributed by atoms with Gasteiger partial charge in [-0.3, -0.25) is 0 Å². The van der Waals surface area contributed by atoms with Gasteiger partial charge in [-0.05, 0) is 39.5 Å². The smallest absolute Gasteiger partial charge is 0.0597 e. The zero-order valence-electron chi connectivity index (χ0n) is 12.6. The van der Waals surface area contributed by atoms with Crippen molar-refractivity contribution < 1.29 is 9.47 Å². The molecule has 0 amide bonds. The minimum absolute atomic E-state index is 0. The quantitative estimate of drug-likeness (QED) is 0.202. The van der Waals surface area contributed by atoms with Gasteiger partial charge in [0.1, 0.15) is 0 Å². The van der Waals surface area contributed by atoms with Crippen molar-refractivity contribution in [3.8, 4) is 0 Å². The third-order valence-corrected chi connectivity index (χ3v) is 4.21. The van der Waals surface area contributed by atoms with Gasteiger partial charge in [0.15, 0.2) is 0 Å². The summed E-state index contributed by atoms with van der Waals surface area (Å²) in [4.78, 5) is 0. The van der Waals surface area contributed by atoms with Crippen molar-refractivity contribution in [2.24, 2.45) is 0 Å². The van der Waals surface area contributed by atoms with Gasteiger partial charge >= 0.3 is 0 Å². The van der Waals surface area contributed by atoms with Crippen LogP contribution in [0.25, 0.3) is 0 Å². The van der Waals surface area contributed by atoms with Crippen LogP contribution in [-0.4, -0.2) is 46.0 Å². The summed E-state index contributed by atoms with van der Waals surface area (Å²) in [7, 11) is 0. The van der Waals surface area contributed by atoms with E-state index < -0.39 is 0 Å². The number of halogens is 4. The summed E-state index contributed by atoms with van der Waals surface area (Å²) in [6.45, 7) is 5.65. The van der Waals surface area contributed by atoms with Gasteiger partial charge in [-0.25, -0.2) is 0 Å². The van der Waals surface area contributed by atoms with Crippen molar-refractivity contribution in [3.05, 3.63) is 0 Å². The molecule has 2 nitrogen and oxygen atoms in total. The molecular weight excluding hydrogens is 537 g/mol. The molecular formula is C15H32Cl2I2O2. The highest BCUT2D eigenvalue weighted by Gasteiger charge is 2.05. The van der Waals surface area contributed by atoms with Crippen LogP contribution in [0.1, 0.15) is 47.0 Å². The summed E-state index contributed by atoms with van der Waals surface area (Å²) in [6.07, 6.45) is 5.00. The van der Waals surface area contributed by atoms with E-state index in [0.717, 1.165) is 26.1 Å². The fourth-order valence-corrected chi connectivity index (χ4v) is 3.46. The Hall–Kier alpha value is 1.96. The number of hydrogen-bond acceptors (Lipinski definition) is 2. The van der Waals surface area contributed by atoms with Crippen LogP contribution in [0.5, 0.6) is 0 Å². The van der Waals surface area contributed by atoms with Gasteiger partial charge in [0.25, 0.3) is 0 Å². The van der Waals surface area contributed by atoms with E-state index in [0.29, 0.717) is 17.9 Å². The maximum Gasteiger partial charge on any atom is 0.0597 e. The van der Waals surface area contributed by atoms with E-state index in [9.17, 15) is 0 Å². The summed E-state index contributed by atoms with van der Waals surface area (Å²) in [5, 5.41) is 0. The molecule has 0 aliphatic heterocycles. The molecule has 0 unspecified atom stereocenters. The molecule has 0 heterocycles. The summed E-state index contributed by atoms with van der Waals surface area (Å²) in [5.41, 5.74) is 0. The summed E-state index contributed by atoms with van der Waals surface area (Å²) >= 11 is 15.9. The molecule has 21 heavy (non-hydrogen) atoms. The summed E-state index contributed by atoms with van der Waals surface area (Å²) in [5.74, 6) is 1.31. The minimum Gasteiger partial charge on any atom is -0.378 e. The average molecular weight is 569 g/mol. The Morgan fingerprint density at radius 1 is 0.762 bits per heavy atom. The Labute approximate surface area is 169 Å². The summed E-state index contributed by atoms with van der Waals surface area (Å²) in [6, 6.07) is 0. The molecule has 0 fully saturated rings. The topological polar surface area (TPSA) is 18.5 Å². The molecule has 0 aromatic rings. The molecule has 0 radical (unpaired) electrons. The first kappa shape index (κ1) is 27.8. The highest BCUT2D eigenvalue weighted by molar-refractivity contribution is 14.1. The lowest BCUT2D eigenvalue weighted by Crippen LogP contribution is -2.13. The molecule has 0 bridgehead atoms. The second-order valence-corrected chi connectivity index (χ2v) is 6.98. The molecule has 132 valence electrons. The van der Waals surface area contributed by atoms with Crippen LogP contribution >= 0.6 is 68.4 Å². The number of ether oxygens (including phenoxy) is 2. The van der Waals surface area contributed by atoms with Crippen molar-refractivity contribution in [1.29, 1.82) is 0 Å². The van der Waals surface area contributed by atoms with Gasteiger partial charge in [0.05, 0.1) is 12.2 Å². The fourth-order valence-electron chi connectivity index (χ4n) is 1.58. The maximum absolute atomic E-state index is 5.54. The predicted octanol–water partition coefficient (Wildman–Crippen LogP) is 6.33. The van der Waals surface area contributed by atoms with E-state index in [1.807, 2.05) is 6.92 Å². The first-order chi connectivity index (χ1) is 9.69. The molecule has 0 saturated carbocycles. The highest BCUT2D eigenvalue weighted by Crippen LogP contribution is 2.08. The first-order valence-corrected chi connectivity index (χ1v) is 11.3. The van der Waals surface area contributed by atoms with E-state index in [2.05, 4.69) is 52.1 Å². The third-order valence-electron chi connectivity index (χ3n) is 2.53. The van der Waals surface area contributed by atoms with Gasteiger partial charge in [0.2, 0.25) is 0 Å². The highest BCUT2D eigenvalue weighted by atomic mass is 127. The lowest BCUT2D eigenvalue weighted by Gasteiger charge is -2.13. The Kier molecular flexibility index (Phi) is 32.0. The molecule has 0 aliphatic rings. The Balaban J connectivity index is -0.000000295. The van der Waals surface area contributed by atoms with Crippen LogP contribution in [0.3, 0.4) is 0 Å². The van der Waals surface area contributed by atoms with Crippen LogP contribution in [0.2, 0.25) is 0 Å². The van der Waals surface area contributed by atoms with Crippen LogP contribution < -0.4 is 0 Å². The Morgan fingerprint density at radius 2 is 1.10 bits per heavy atom. The Bertz CT molecular complexity index is 131. The van der Waals surface area contributed by atoms with Crippen LogP contribution in [0, 0.1) is 0 Å². The zero-order valence-corrected chi connectivity index (χ0v) is 18.4. The van der Waals surface area contributed by atoms with E-state index >= 15 is 0 Å². The molecule has 0 saturated heterocycles. The molecule has 0 N–H and O–H groups in total. The second-order valence-electron chi connectivity index (χ2n) is 4.07. The van der Waals surface area contributed by atoms with Gasteiger partial charge in [-0.2, -0.15) is 0 Å². The van der Waals surface area contributed by atoms with Crippen molar-refractivity contribution in [2.45, 2.75) is 59.2 Å². The van der Waals surface area contributed by atoms with Gasteiger partial charge in [-0.15, -0.1) is 23.2 Å². The number of rotatable bonds is 12. The van der Waals surface area contributed by atoms with E-state index in [-0.39, 0.29) is 13.5 Å². The van der Waals surface area contributed by atoms with Crippen molar-refractivity contribution >= 4 is 68.4 Å². The average Bonchev–Trinajstić information content (AvgIpc) is 2.41. The standard InChI is InChI=1S/C7H14Cl2O.C7H14I2O.CH4/c2*1-2-10-7(3-5-8)4-6-9;/h2*7H,2-6H2,1H3;1H4. The van der Waals surface area contributed by atoms with Crippen molar-refractivity contribution in [3.63, 3.8) is 0 Å². The lowest BCUT2D eigenvalue weighted by molar-refractivity contribution is 0.0590. The Morgan fingerprint density at radius 3 is 1.33 bits per heavy atom. The van der Waals surface area contributed by atoms with Crippen LogP contribution in [0.15, 0.2) is 0 Å². The minimum atomic E-state index is 0. The first-order valence-electron chi connectivity index (χ1n) is 7.17. The van der Waals surface area contributed by atoms with Crippen LogP contribution in [0.4, 0.5) is 0 Å². The molecule has 0 atom stereocenters. The molecule has 0 aromatic heterocycles. The predicted molar refractivity (Wildman–Crippen MR) is 115 cm³/mol. The van der Waals surface area contributed by atoms with Gasteiger partial charge in [-0.1, -0.05) is 52.6 Å². The molecule has 0 spiro atoms. The SMILES string of the molecule is C.CCOC(CCCl)CCCl.CCOC(CCI)CCI. The number of hydrogen-bond donors (Lipinski definition) is 0. The molecule has 0 aliphatic carbocycles. The molecule has 0 aromatic carbocycles. The normalized spacial score (nSPS) is 10.3. The van der Waals surface area contributed by atoms with E-state index in [4.69, 9.17) is 32.7 Å².